The van der Waals surface area contributed by atoms with Crippen LogP contribution in [-0.2, 0) is 0 Å². The van der Waals surface area contributed by atoms with Crippen LogP contribution in [0.1, 0.15) is 33.4 Å². The number of hydrogen-bond donors (Lipinski definition) is 2. The fraction of sp³-hybridized carbons (Fsp3) is 0.300. The lowest BCUT2D eigenvalue weighted by atomic mass is 10.1. The lowest BCUT2D eigenvalue weighted by molar-refractivity contribution is -0.0914. The Morgan fingerprint density at radius 2 is 1.60 bits per heavy atom. The number of hydrogen-bond acceptors (Lipinski definition) is 8. The molecular formula is C30H35F3N6O3. The number of ether oxygens (including phenoxy) is 3. The molecule has 0 spiro atoms. The first kappa shape index (κ1) is 31.8. The van der Waals surface area contributed by atoms with Crippen molar-refractivity contribution in [2.45, 2.75) is 40.8 Å². The molecule has 2 heterocycles. The van der Waals surface area contributed by atoms with Crippen molar-refractivity contribution in [2.75, 3.05) is 32.0 Å². The number of methoxy groups -OCH3 is 3. The number of nitrogens with zero attached hydrogens (tertiary/aromatic N) is 4. The average Bonchev–Trinajstić information content (AvgIpc) is 3.31. The van der Waals surface area contributed by atoms with Crippen LogP contribution in [0.4, 0.5) is 30.5 Å². The van der Waals surface area contributed by atoms with E-state index >= 15 is 0 Å². The van der Waals surface area contributed by atoms with E-state index in [4.69, 9.17) is 24.3 Å². The van der Waals surface area contributed by atoms with E-state index in [2.05, 4.69) is 15.6 Å². The lowest BCUT2D eigenvalue weighted by Gasteiger charge is -2.15. The van der Waals surface area contributed by atoms with E-state index in [9.17, 15) is 13.2 Å². The molecule has 0 aliphatic heterocycles. The summed E-state index contributed by atoms with van der Waals surface area (Å²) in [6, 6.07) is 11.6. The number of halogens is 3. The molecule has 224 valence electrons. The highest BCUT2D eigenvalue weighted by atomic mass is 19.4. The van der Waals surface area contributed by atoms with Crippen molar-refractivity contribution in [3.63, 3.8) is 0 Å². The maximum absolute atomic E-state index is 11.4. The van der Waals surface area contributed by atoms with Gasteiger partial charge >= 0.3 is 6.18 Å². The van der Waals surface area contributed by atoms with Crippen molar-refractivity contribution in [3.05, 3.63) is 71.7 Å². The summed E-state index contributed by atoms with van der Waals surface area (Å²) in [6.07, 6.45) is 0.689. The largest absolute Gasteiger partial charge is 0.493 e. The van der Waals surface area contributed by atoms with Crippen LogP contribution in [-0.4, -0.2) is 47.1 Å². The standard InChI is InChI=1S/C25H28N6O3.C5H7F3/c1-7-15(2)27-19-11-9-8-10-18(19)24-28-16(3)20-14-26-25(30-31(20)24)29-17-12-21(32-4)23(34-6)22(13-17)33-5;1-3-4(2)5(6,7)8/h7-14,27H,1-6H3,(H,29,30);3H,1-2H3/b15-7+;4-3+. The number of para-hydroxylation sites is 1. The third kappa shape index (κ3) is 7.31. The van der Waals surface area contributed by atoms with E-state index in [1.54, 1.807) is 44.2 Å². The van der Waals surface area contributed by atoms with Crippen molar-refractivity contribution >= 4 is 22.8 Å². The second-order valence-electron chi connectivity index (χ2n) is 9.05. The number of alkyl halides is 3. The summed E-state index contributed by atoms with van der Waals surface area (Å²) in [7, 11) is 4.72. The molecule has 0 amide bonds. The minimum Gasteiger partial charge on any atom is -0.493 e. The zero-order valence-corrected chi connectivity index (χ0v) is 24.8. The van der Waals surface area contributed by atoms with E-state index in [1.807, 2.05) is 51.1 Å². The fourth-order valence-corrected chi connectivity index (χ4v) is 3.77. The van der Waals surface area contributed by atoms with Crippen LogP contribution in [0.5, 0.6) is 17.2 Å². The number of imidazole rings is 1. The van der Waals surface area contributed by atoms with E-state index < -0.39 is 11.7 Å². The summed E-state index contributed by atoms with van der Waals surface area (Å²) in [6.45, 7) is 8.37. The Balaban J connectivity index is 0.000000531. The molecule has 4 aromatic rings. The first-order valence-corrected chi connectivity index (χ1v) is 13.0. The SMILES string of the molecule is C/C=C(\C)C(F)(F)F.C/C=C(\C)Nc1ccccc1-c1nc(C)c2cnc(Nc3cc(OC)c(OC)c(OC)c3)nn12. The summed E-state index contributed by atoms with van der Waals surface area (Å²) in [5, 5.41) is 11.4. The second kappa shape index (κ2) is 13.7. The van der Waals surface area contributed by atoms with Crippen LogP contribution in [0, 0.1) is 6.92 Å². The highest BCUT2D eigenvalue weighted by Gasteiger charge is 2.28. The van der Waals surface area contributed by atoms with Gasteiger partial charge in [0.25, 0.3) is 0 Å². The number of aryl methyl sites for hydroxylation is 1. The smallest absolute Gasteiger partial charge is 0.412 e. The predicted octanol–water partition coefficient (Wildman–Crippen LogP) is 7.72. The molecule has 0 fully saturated rings. The van der Waals surface area contributed by atoms with Crippen molar-refractivity contribution < 1.29 is 27.4 Å². The molecule has 4 rings (SSSR count). The molecule has 0 saturated heterocycles. The lowest BCUT2D eigenvalue weighted by Crippen LogP contribution is -2.07. The van der Waals surface area contributed by atoms with Gasteiger partial charge in [-0.15, -0.1) is 5.10 Å². The van der Waals surface area contributed by atoms with Gasteiger partial charge in [-0.3, -0.25) is 0 Å². The maximum atomic E-state index is 11.4. The monoisotopic (exact) mass is 584 g/mol. The minimum absolute atomic E-state index is 0.399. The normalized spacial score (nSPS) is 12.0. The van der Waals surface area contributed by atoms with Crippen LogP contribution in [0.3, 0.4) is 0 Å². The Hall–Kier alpha value is -4.74. The first-order chi connectivity index (χ1) is 20.0. The van der Waals surface area contributed by atoms with Gasteiger partial charge in [0.1, 0.15) is 5.52 Å². The quantitative estimate of drug-likeness (QED) is 0.203. The van der Waals surface area contributed by atoms with Gasteiger partial charge in [-0.2, -0.15) is 13.2 Å². The van der Waals surface area contributed by atoms with Crippen molar-refractivity contribution in [3.8, 4) is 28.6 Å². The number of benzene rings is 2. The number of aromatic nitrogens is 4. The third-order valence-electron chi connectivity index (χ3n) is 6.31. The van der Waals surface area contributed by atoms with E-state index in [1.165, 1.54) is 6.92 Å². The minimum atomic E-state index is -4.13. The van der Waals surface area contributed by atoms with Crippen molar-refractivity contribution in [2.24, 2.45) is 0 Å². The number of allylic oxidation sites excluding steroid dienone is 4. The molecule has 0 aliphatic rings. The highest BCUT2D eigenvalue weighted by molar-refractivity contribution is 5.77. The molecule has 0 aliphatic carbocycles. The number of nitrogens with one attached hydrogen (secondary N) is 2. The molecule has 12 heteroatoms. The highest BCUT2D eigenvalue weighted by Crippen LogP contribution is 2.40. The van der Waals surface area contributed by atoms with Gasteiger partial charge < -0.3 is 24.8 Å². The Labute approximate surface area is 243 Å². The van der Waals surface area contributed by atoms with Crippen LogP contribution in [0.2, 0.25) is 0 Å². The fourth-order valence-electron chi connectivity index (χ4n) is 3.77. The summed E-state index contributed by atoms with van der Waals surface area (Å²) in [5.41, 5.74) is 4.74. The molecule has 2 aromatic carbocycles. The molecule has 42 heavy (non-hydrogen) atoms. The third-order valence-corrected chi connectivity index (χ3v) is 6.31. The van der Waals surface area contributed by atoms with Gasteiger partial charge in [-0.05, 0) is 46.8 Å². The number of fused-ring (bicyclic) bond motifs is 1. The molecule has 0 saturated carbocycles. The van der Waals surface area contributed by atoms with E-state index in [-0.39, 0.29) is 0 Å². The molecule has 2 aromatic heterocycles. The summed E-state index contributed by atoms with van der Waals surface area (Å²) >= 11 is 0. The van der Waals surface area contributed by atoms with Gasteiger partial charge in [0.15, 0.2) is 17.3 Å². The van der Waals surface area contributed by atoms with E-state index in [0.29, 0.717) is 28.9 Å². The van der Waals surface area contributed by atoms with E-state index in [0.717, 1.165) is 47.0 Å². The first-order valence-electron chi connectivity index (χ1n) is 13.0. The van der Waals surface area contributed by atoms with Crippen LogP contribution < -0.4 is 24.8 Å². The Bertz CT molecular complexity index is 1570. The second-order valence-corrected chi connectivity index (χ2v) is 9.05. The van der Waals surface area contributed by atoms with Crippen LogP contribution in [0.15, 0.2) is 66.0 Å². The molecular weight excluding hydrogens is 549 g/mol. The Morgan fingerprint density at radius 3 is 2.12 bits per heavy atom. The Kier molecular flexibility index (Phi) is 10.4. The summed E-state index contributed by atoms with van der Waals surface area (Å²) in [4.78, 5) is 9.28. The number of rotatable bonds is 8. The van der Waals surface area contributed by atoms with Gasteiger partial charge in [0, 0.05) is 40.3 Å². The summed E-state index contributed by atoms with van der Waals surface area (Å²) in [5.74, 6) is 2.69. The van der Waals surface area contributed by atoms with Crippen LogP contribution in [0.25, 0.3) is 16.9 Å². The van der Waals surface area contributed by atoms with Crippen molar-refractivity contribution in [1.29, 1.82) is 0 Å². The van der Waals surface area contributed by atoms with Crippen molar-refractivity contribution in [1.82, 2.24) is 19.6 Å². The topological polar surface area (TPSA) is 94.8 Å². The van der Waals surface area contributed by atoms with Gasteiger partial charge in [0.05, 0.1) is 33.2 Å². The average molecular weight is 585 g/mol. The molecule has 0 bridgehead atoms. The molecule has 0 atom stereocenters. The zero-order valence-electron chi connectivity index (χ0n) is 24.8. The predicted molar refractivity (Wildman–Crippen MR) is 159 cm³/mol. The molecule has 0 unspecified atom stereocenters. The number of anilines is 3. The Morgan fingerprint density at radius 1 is 0.952 bits per heavy atom. The van der Waals surface area contributed by atoms with Gasteiger partial charge in [-0.25, -0.2) is 14.5 Å². The molecule has 0 radical (unpaired) electrons. The van der Waals surface area contributed by atoms with Gasteiger partial charge in [0.2, 0.25) is 11.7 Å². The maximum Gasteiger partial charge on any atom is 0.412 e. The van der Waals surface area contributed by atoms with Gasteiger partial charge in [-0.1, -0.05) is 24.3 Å². The summed E-state index contributed by atoms with van der Waals surface area (Å²) < 4.78 is 52.2. The van der Waals surface area contributed by atoms with Crippen LogP contribution >= 0.6 is 0 Å². The molecule has 2 N–H and O–H groups in total. The molecule has 9 nitrogen and oxygen atoms in total. The zero-order chi connectivity index (χ0) is 31.0.